The summed E-state index contributed by atoms with van der Waals surface area (Å²) in [6, 6.07) is 9.28. The number of rotatable bonds is 6. The van der Waals surface area contributed by atoms with E-state index in [9.17, 15) is 0 Å². The monoisotopic (exact) mass is 278 g/mol. The van der Waals surface area contributed by atoms with Gasteiger partial charge >= 0.3 is 0 Å². The lowest BCUT2D eigenvalue weighted by molar-refractivity contribution is 0.281. The van der Waals surface area contributed by atoms with Gasteiger partial charge in [-0.2, -0.15) is 11.8 Å². The molecule has 1 aliphatic rings. The van der Waals surface area contributed by atoms with Gasteiger partial charge in [-0.1, -0.05) is 31.2 Å². The molecule has 1 aromatic rings. The quantitative estimate of drug-likeness (QED) is 0.861. The molecule has 0 spiro atoms. The third-order valence-electron chi connectivity index (χ3n) is 3.85. The van der Waals surface area contributed by atoms with Gasteiger partial charge in [0, 0.05) is 37.2 Å². The molecule has 1 fully saturated rings. The fourth-order valence-electron chi connectivity index (χ4n) is 2.73. The normalized spacial score (nSPS) is 18.4. The lowest BCUT2D eigenvalue weighted by atomic mass is 9.98. The van der Waals surface area contributed by atoms with E-state index in [4.69, 9.17) is 0 Å². The average Bonchev–Trinajstić information content (AvgIpc) is 2.45. The van der Waals surface area contributed by atoms with E-state index in [0.717, 1.165) is 6.54 Å². The topological polar surface area (TPSA) is 15.3 Å². The number of benzene rings is 1. The number of nitrogens with one attached hydrogen (secondary N) is 1. The summed E-state index contributed by atoms with van der Waals surface area (Å²) in [5, 5.41) is 3.65. The number of aryl methyl sites for hydroxylation is 1. The summed E-state index contributed by atoms with van der Waals surface area (Å²) in [5.41, 5.74) is 2.87. The molecule has 1 heterocycles. The molecule has 0 aliphatic carbocycles. The highest BCUT2D eigenvalue weighted by Crippen LogP contribution is 2.21. The van der Waals surface area contributed by atoms with Crippen molar-refractivity contribution in [3.05, 3.63) is 35.4 Å². The van der Waals surface area contributed by atoms with Crippen LogP contribution in [-0.2, 0) is 0 Å². The van der Waals surface area contributed by atoms with Crippen molar-refractivity contribution in [3.8, 4) is 0 Å². The van der Waals surface area contributed by atoms with Crippen LogP contribution in [0.3, 0.4) is 0 Å². The van der Waals surface area contributed by atoms with Crippen molar-refractivity contribution in [2.75, 3.05) is 37.7 Å². The minimum Gasteiger partial charge on any atom is -0.310 e. The zero-order valence-corrected chi connectivity index (χ0v) is 13.0. The van der Waals surface area contributed by atoms with E-state index in [1.54, 1.807) is 0 Å². The maximum absolute atomic E-state index is 3.65. The molecule has 1 saturated heterocycles. The van der Waals surface area contributed by atoms with E-state index >= 15 is 0 Å². The van der Waals surface area contributed by atoms with Crippen LogP contribution in [0.5, 0.6) is 0 Å². The van der Waals surface area contributed by atoms with Crippen LogP contribution in [0.2, 0.25) is 0 Å². The van der Waals surface area contributed by atoms with Crippen molar-refractivity contribution < 1.29 is 0 Å². The third-order valence-corrected chi connectivity index (χ3v) is 4.79. The van der Waals surface area contributed by atoms with Gasteiger partial charge in [0.05, 0.1) is 0 Å². The zero-order chi connectivity index (χ0) is 13.5. The molecule has 1 atom stereocenters. The highest BCUT2D eigenvalue weighted by atomic mass is 32.2. The van der Waals surface area contributed by atoms with Crippen LogP contribution >= 0.6 is 11.8 Å². The fraction of sp³-hybridized carbons (Fsp3) is 0.625. The molecular weight excluding hydrogens is 252 g/mol. The van der Waals surface area contributed by atoms with Crippen LogP contribution in [0.4, 0.5) is 0 Å². The number of nitrogens with zero attached hydrogens (tertiary/aromatic N) is 1. The third kappa shape index (κ3) is 4.51. The standard InChI is InChI=1S/C16H26N2S/c1-3-17-16(15-7-5-4-6-14(15)2)8-9-18-10-12-19-13-11-18/h4-7,16-17H,3,8-13H2,1-2H3. The van der Waals surface area contributed by atoms with Crippen LogP contribution < -0.4 is 5.32 Å². The van der Waals surface area contributed by atoms with Crippen molar-refractivity contribution in [1.29, 1.82) is 0 Å². The Balaban J connectivity index is 1.94. The average molecular weight is 278 g/mol. The maximum Gasteiger partial charge on any atom is 0.0334 e. The van der Waals surface area contributed by atoms with E-state index in [-0.39, 0.29) is 0 Å². The van der Waals surface area contributed by atoms with Crippen LogP contribution in [-0.4, -0.2) is 42.6 Å². The smallest absolute Gasteiger partial charge is 0.0334 e. The van der Waals surface area contributed by atoms with Crippen LogP contribution in [0.15, 0.2) is 24.3 Å². The molecular formula is C16H26N2S. The van der Waals surface area contributed by atoms with Gasteiger partial charge in [0.15, 0.2) is 0 Å². The Kier molecular flexibility index (Phi) is 6.21. The summed E-state index contributed by atoms with van der Waals surface area (Å²) in [4.78, 5) is 2.61. The Morgan fingerprint density at radius 2 is 2.00 bits per heavy atom. The van der Waals surface area contributed by atoms with Crippen LogP contribution in [0.25, 0.3) is 0 Å². The van der Waals surface area contributed by atoms with E-state index in [1.165, 1.54) is 48.7 Å². The number of hydrogen-bond acceptors (Lipinski definition) is 3. The van der Waals surface area contributed by atoms with Gasteiger partial charge in [-0.25, -0.2) is 0 Å². The molecule has 2 nitrogen and oxygen atoms in total. The maximum atomic E-state index is 3.65. The first-order chi connectivity index (χ1) is 9.31. The van der Waals surface area contributed by atoms with Crippen molar-refractivity contribution in [1.82, 2.24) is 10.2 Å². The van der Waals surface area contributed by atoms with Crippen molar-refractivity contribution in [3.63, 3.8) is 0 Å². The molecule has 1 aromatic carbocycles. The second-order valence-electron chi connectivity index (χ2n) is 5.21. The van der Waals surface area contributed by atoms with Crippen LogP contribution in [0, 0.1) is 6.92 Å². The molecule has 1 unspecified atom stereocenters. The largest absolute Gasteiger partial charge is 0.310 e. The Morgan fingerprint density at radius 1 is 1.26 bits per heavy atom. The fourth-order valence-corrected chi connectivity index (χ4v) is 3.71. The van der Waals surface area contributed by atoms with E-state index in [1.807, 2.05) is 0 Å². The molecule has 1 aliphatic heterocycles. The Bertz CT molecular complexity index is 375. The highest BCUT2D eigenvalue weighted by Gasteiger charge is 2.15. The predicted octanol–water partition coefficient (Wildman–Crippen LogP) is 3.08. The summed E-state index contributed by atoms with van der Waals surface area (Å²) in [7, 11) is 0. The summed E-state index contributed by atoms with van der Waals surface area (Å²) in [6.07, 6.45) is 1.21. The van der Waals surface area contributed by atoms with Crippen molar-refractivity contribution in [2.24, 2.45) is 0 Å². The van der Waals surface area contributed by atoms with Gasteiger partial charge < -0.3 is 10.2 Å². The van der Waals surface area contributed by atoms with Crippen molar-refractivity contribution in [2.45, 2.75) is 26.3 Å². The van der Waals surface area contributed by atoms with E-state index < -0.39 is 0 Å². The molecule has 106 valence electrons. The minimum atomic E-state index is 0.501. The highest BCUT2D eigenvalue weighted by molar-refractivity contribution is 7.99. The van der Waals surface area contributed by atoms with Gasteiger partial charge in [-0.05, 0) is 31.0 Å². The Hall–Kier alpha value is -0.510. The number of thioether (sulfide) groups is 1. The second-order valence-corrected chi connectivity index (χ2v) is 6.43. The molecule has 0 bridgehead atoms. The van der Waals surface area contributed by atoms with Gasteiger partial charge in [-0.15, -0.1) is 0 Å². The molecule has 19 heavy (non-hydrogen) atoms. The first-order valence-electron chi connectivity index (χ1n) is 7.40. The van der Waals surface area contributed by atoms with Crippen LogP contribution in [0.1, 0.15) is 30.5 Å². The molecule has 0 aromatic heterocycles. The number of hydrogen-bond donors (Lipinski definition) is 1. The summed E-state index contributed by atoms with van der Waals surface area (Å²) >= 11 is 2.08. The van der Waals surface area contributed by atoms with Gasteiger partial charge in [0.1, 0.15) is 0 Å². The lowest BCUT2D eigenvalue weighted by Crippen LogP contribution is -2.35. The summed E-state index contributed by atoms with van der Waals surface area (Å²) in [6.45, 7) is 9.19. The van der Waals surface area contributed by atoms with Gasteiger partial charge in [0.2, 0.25) is 0 Å². The minimum absolute atomic E-state index is 0.501. The molecule has 0 amide bonds. The predicted molar refractivity (Wildman–Crippen MR) is 86.0 cm³/mol. The Morgan fingerprint density at radius 3 is 2.68 bits per heavy atom. The lowest BCUT2D eigenvalue weighted by Gasteiger charge is -2.29. The van der Waals surface area contributed by atoms with Gasteiger partial charge in [-0.3, -0.25) is 0 Å². The second kappa shape index (κ2) is 7.93. The zero-order valence-electron chi connectivity index (χ0n) is 12.2. The Labute approximate surface area is 122 Å². The SMILES string of the molecule is CCNC(CCN1CCSCC1)c1ccccc1C. The van der Waals surface area contributed by atoms with E-state index in [0.29, 0.717) is 6.04 Å². The van der Waals surface area contributed by atoms with Gasteiger partial charge in [0.25, 0.3) is 0 Å². The molecule has 0 saturated carbocycles. The molecule has 1 N–H and O–H groups in total. The summed E-state index contributed by atoms with van der Waals surface area (Å²) in [5.74, 6) is 2.60. The summed E-state index contributed by atoms with van der Waals surface area (Å²) < 4.78 is 0. The first-order valence-corrected chi connectivity index (χ1v) is 8.55. The van der Waals surface area contributed by atoms with Crippen molar-refractivity contribution >= 4 is 11.8 Å². The molecule has 0 radical (unpaired) electrons. The molecule has 3 heteroatoms. The molecule has 2 rings (SSSR count). The van der Waals surface area contributed by atoms with E-state index in [2.05, 4.69) is 60.1 Å². The first kappa shape index (κ1) is 14.9.